The van der Waals surface area contributed by atoms with Crippen LogP contribution in [0, 0.1) is 16.0 Å². The van der Waals surface area contributed by atoms with Gasteiger partial charge in [-0.25, -0.2) is 0 Å². The van der Waals surface area contributed by atoms with Gasteiger partial charge in [-0.3, -0.25) is 14.9 Å². The van der Waals surface area contributed by atoms with Gasteiger partial charge >= 0.3 is 6.18 Å². The molecule has 1 aliphatic rings. The number of nitrogens with one attached hydrogen (secondary N) is 3. The molecule has 144 valence electrons. The maximum atomic E-state index is 12.7. The predicted molar refractivity (Wildman–Crippen MR) is 91.5 cm³/mol. The minimum absolute atomic E-state index is 0.0355. The van der Waals surface area contributed by atoms with Crippen LogP contribution in [0.25, 0.3) is 0 Å². The Morgan fingerprint density at radius 1 is 1.12 bits per heavy atom. The zero-order valence-corrected chi connectivity index (χ0v) is 14.4. The summed E-state index contributed by atoms with van der Waals surface area (Å²) >= 11 is 0. The number of alkyl halides is 3. The number of carbonyl (C=O) groups is 1. The molecule has 7 nitrogen and oxygen atoms in total. The first-order chi connectivity index (χ1) is 12.2. The highest BCUT2D eigenvalue weighted by Gasteiger charge is 2.41. The first-order valence-electron chi connectivity index (χ1n) is 8.22. The number of carbonyl (C=O) groups excluding carboxylic acids is 1. The molecule has 1 aromatic carbocycles. The first kappa shape index (κ1) is 19.8. The fourth-order valence-corrected chi connectivity index (χ4v) is 3.16. The van der Waals surface area contributed by atoms with Crippen molar-refractivity contribution in [2.45, 2.75) is 37.9 Å². The van der Waals surface area contributed by atoms with E-state index in [9.17, 15) is 28.1 Å². The Labute approximate surface area is 148 Å². The second kappa shape index (κ2) is 7.79. The molecule has 0 aliphatic heterocycles. The van der Waals surface area contributed by atoms with E-state index in [-0.39, 0.29) is 48.7 Å². The molecule has 0 heterocycles. The number of hydrogen-bond donors (Lipinski definition) is 3. The smallest absolute Gasteiger partial charge is 0.387 e. The molecule has 0 bridgehead atoms. The van der Waals surface area contributed by atoms with Crippen LogP contribution in [0.2, 0.25) is 0 Å². The Hall–Kier alpha value is -2.52. The number of nitro benzene ring substituents is 1. The van der Waals surface area contributed by atoms with Crippen molar-refractivity contribution in [3.8, 4) is 0 Å². The van der Waals surface area contributed by atoms with Crippen molar-refractivity contribution in [1.82, 2.24) is 5.32 Å². The lowest BCUT2D eigenvalue weighted by atomic mass is 9.85. The molecule has 0 atom stereocenters. The SMILES string of the molecule is CNc1cc(NC)c([N+](=O)[O-])cc1C(=O)NC1CCC(C(F)(F)F)CC1. The monoisotopic (exact) mass is 374 g/mol. The van der Waals surface area contributed by atoms with Gasteiger partial charge in [-0.05, 0) is 31.7 Å². The predicted octanol–water partition coefficient (Wildman–Crippen LogP) is 3.53. The molecule has 1 amide bonds. The van der Waals surface area contributed by atoms with E-state index in [2.05, 4.69) is 16.0 Å². The van der Waals surface area contributed by atoms with E-state index >= 15 is 0 Å². The number of amides is 1. The zero-order valence-electron chi connectivity index (χ0n) is 14.4. The van der Waals surface area contributed by atoms with E-state index in [0.717, 1.165) is 6.07 Å². The van der Waals surface area contributed by atoms with Crippen molar-refractivity contribution >= 4 is 23.0 Å². The van der Waals surface area contributed by atoms with Crippen LogP contribution < -0.4 is 16.0 Å². The molecule has 10 heteroatoms. The van der Waals surface area contributed by atoms with E-state index in [1.54, 1.807) is 7.05 Å². The van der Waals surface area contributed by atoms with Crippen LogP contribution in [0.4, 0.5) is 30.2 Å². The number of hydrogen-bond acceptors (Lipinski definition) is 5. The molecule has 0 saturated heterocycles. The molecule has 0 aromatic heterocycles. The van der Waals surface area contributed by atoms with Gasteiger partial charge in [0.05, 0.1) is 16.4 Å². The lowest BCUT2D eigenvalue weighted by molar-refractivity contribution is -0.383. The Balaban J connectivity index is 2.15. The topological polar surface area (TPSA) is 96.3 Å². The standard InChI is InChI=1S/C16H21F3N4O3/c1-20-12-8-13(21-2)14(23(25)26)7-11(12)15(24)22-10-5-3-9(4-6-10)16(17,18)19/h7-10,20-21H,3-6H2,1-2H3,(H,22,24). The summed E-state index contributed by atoms with van der Waals surface area (Å²) < 4.78 is 38.2. The second-order valence-electron chi connectivity index (χ2n) is 6.24. The second-order valence-corrected chi connectivity index (χ2v) is 6.24. The molecule has 1 saturated carbocycles. The highest BCUT2D eigenvalue weighted by atomic mass is 19.4. The van der Waals surface area contributed by atoms with Gasteiger partial charge in [0.25, 0.3) is 11.6 Å². The minimum Gasteiger partial charge on any atom is -0.387 e. The van der Waals surface area contributed by atoms with E-state index in [1.165, 1.54) is 13.1 Å². The average molecular weight is 374 g/mol. The summed E-state index contributed by atoms with van der Waals surface area (Å²) in [6, 6.07) is 2.23. The first-order valence-corrected chi connectivity index (χ1v) is 8.22. The summed E-state index contributed by atoms with van der Waals surface area (Å²) in [6.45, 7) is 0. The number of anilines is 2. The Morgan fingerprint density at radius 2 is 1.69 bits per heavy atom. The summed E-state index contributed by atoms with van der Waals surface area (Å²) in [5.74, 6) is -1.88. The van der Waals surface area contributed by atoms with E-state index < -0.39 is 22.9 Å². The lowest BCUT2D eigenvalue weighted by Gasteiger charge is -2.30. The number of nitrogens with zero attached hydrogens (tertiary/aromatic N) is 1. The van der Waals surface area contributed by atoms with Crippen molar-refractivity contribution in [2.24, 2.45) is 5.92 Å². The van der Waals surface area contributed by atoms with Gasteiger partial charge < -0.3 is 16.0 Å². The van der Waals surface area contributed by atoms with Crippen LogP contribution in [0.3, 0.4) is 0 Å². The van der Waals surface area contributed by atoms with E-state index in [4.69, 9.17) is 0 Å². The van der Waals surface area contributed by atoms with Crippen LogP contribution in [-0.4, -0.2) is 37.1 Å². The fourth-order valence-electron chi connectivity index (χ4n) is 3.16. The van der Waals surface area contributed by atoms with Gasteiger partial charge in [0.1, 0.15) is 5.69 Å². The van der Waals surface area contributed by atoms with Gasteiger partial charge in [-0.1, -0.05) is 0 Å². The fraction of sp³-hybridized carbons (Fsp3) is 0.562. The normalized spacial score (nSPS) is 20.3. The van der Waals surface area contributed by atoms with Crippen LogP contribution in [0.5, 0.6) is 0 Å². The van der Waals surface area contributed by atoms with Gasteiger partial charge in [0.2, 0.25) is 0 Å². The number of nitro groups is 1. The third kappa shape index (κ3) is 4.36. The highest BCUT2D eigenvalue weighted by molar-refractivity contribution is 6.01. The number of rotatable bonds is 5. The summed E-state index contributed by atoms with van der Waals surface area (Å²) in [6.07, 6.45) is -3.83. The third-order valence-corrected chi connectivity index (χ3v) is 4.64. The number of halogens is 3. The molecule has 1 aromatic rings. The van der Waals surface area contributed by atoms with Crippen LogP contribution in [0.15, 0.2) is 12.1 Å². The molecule has 26 heavy (non-hydrogen) atoms. The van der Waals surface area contributed by atoms with Gasteiger partial charge in [-0.2, -0.15) is 13.2 Å². The average Bonchev–Trinajstić information content (AvgIpc) is 2.59. The third-order valence-electron chi connectivity index (χ3n) is 4.64. The molecule has 1 fully saturated rings. The maximum absolute atomic E-state index is 12.7. The summed E-state index contributed by atoms with van der Waals surface area (Å²) in [5.41, 5.74) is 0.469. The minimum atomic E-state index is -4.21. The summed E-state index contributed by atoms with van der Waals surface area (Å²) in [4.78, 5) is 23.1. The quantitative estimate of drug-likeness (QED) is 0.541. The van der Waals surface area contributed by atoms with Crippen molar-refractivity contribution in [3.05, 3.63) is 27.8 Å². The molecule has 3 N–H and O–H groups in total. The molecule has 2 rings (SSSR count). The molecule has 0 spiro atoms. The summed E-state index contributed by atoms with van der Waals surface area (Å²) in [5, 5.41) is 19.4. The molecular weight excluding hydrogens is 353 g/mol. The Kier molecular flexibility index (Phi) is 5.94. The van der Waals surface area contributed by atoms with Crippen molar-refractivity contribution < 1.29 is 22.9 Å². The highest BCUT2D eigenvalue weighted by Crippen LogP contribution is 2.38. The molecule has 0 unspecified atom stereocenters. The van der Waals surface area contributed by atoms with Crippen molar-refractivity contribution in [3.63, 3.8) is 0 Å². The van der Waals surface area contributed by atoms with E-state index in [1.807, 2.05) is 0 Å². The van der Waals surface area contributed by atoms with Gasteiger partial charge in [0, 0.05) is 31.9 Å². The molecule has 0 radical (unpaired) electrons. The maximum Gasteiger partial charge on any atom is 0.391 e. The van der Waals surface area contributed by atoms with E-state index in [0.29, 0.717) is 5.69 Å². The Morgan fingerprint density at radius 3 is 2.15 bits per heavy atom. The van der Waals surface area contributed by atoms with Gasteiger partial charge in [-0.15, -0.1) is 0 Å². The summed E-state index contributed by atoms with van der Waals surface area (Å²) in [7, 11) is 3.10. The van der Waals surface area contributed by atoms with Crippen LogP contribution in [-0.2, 0) is 0 Å². The zero-order chi connectivity index (χ0) is 19.5. The van der Waals surface area contributed by atoms with Gasteiger partial charge in [0.15, 0.2) is 0 Å². The van der Waals surface area contributed by atoms with Crippen LogP contribution >= 0.6 is 0 Å². The Bertz CT molecular complexity index is 686. The van der Waals surface area contributed by atoms with Crippen molar-refractivity contribution in [2.75, 3.05) is 24.7 Å². The molecular formula is C16H21F3N4O3. The lowest BCUT2D eigenvalue weighted by Crippen LogP contribution is -2.40. The molecule has 1 aliphatic carbocycles. The van der Waals surface area contributed by atoms with Crippen molar-refractivity contribution in [1.29, 1.82) is 0 Å². The van der Waals surface area contributed by atoms with Crippen LogP contribution in [0.1, 0.15) is 36.0 Å². The largest absolute Gasteiger partial charge is 0.391 e. The number of benzene rings is 1.